The number of aliphatic hydroxyl groups is 2. The minimum Gasteiger partial charge on any atom is -0.389 e. The molecule has 32 heavy (non-hydrogen) atoms. The first-order valence-corrected chi connectivity index (χ1v) is 12.6. The zero-order chi connectivity index (χ0) is 22.4. The van der Waals surface area contributed by atoms with Gasteiger partial charge in [0.15, 0.2) is 0 Å². The molecule has 2 atom stereocenters. The molecule has 0 heterocycles. The van der Waals surface area contributed by atoms with Crippen molar-refractivity contribution in [3.8, 4) is 0 Å². The molecule has 4 rings (SSSR count). The molecule has 2 unspecified atom stereocenters. The number of Topliss-reactive ketones (excluding diaryl/α,β-unsaturated/α-hetero) is 1. The van der Waals surface area contributed by atoms with E-state index < -0.39 is 11.2 Å². The van der Waals surface area contributed by atoms with E-state index >= 15 is 0 Å². The maximum Gasteiger partial charge on any atom is 0.134 e. The highest BCUT2D eigenvalue weighted by Gasteiger charge is 2.42. The van der Waals surface area contributed by atoms with Gasteiger partial charge >= 0.3 is 0 Å². The summed E-state index contributed by atoms with van der Waals surface area (Å²) in [5, 5.41) is 23.2. The summed E-state index contributed by atoms with van der Waals surface area (Å²) in [6.45, 7) is 0. The van der Waals surface area contributed by atoms with Crippen molar-refractivity contribution in [3.05, 3.63) is 71.8 Å². The summed E-state index contributed by atoms with van der Waals surface area (Å²) in [5.74, 6) is -0.228. The molecule has 2 aromatic carbocycles. The molecule has 0 radical (unpaired) electrons. The number of ketones is 1. The van der Waals surface area contributed by atoms with Gasteiger partial charge in [-0.05, 0) is 36.8 Å². The summed E-state index contributed by atoms with van der Waals surface area (Å²) >= 11 is 0. The predicted octanol–water partition coefficient (Wildman–Crippen LogP) is 6.29. The number of carbonyl (C=O) groups excluding carboxylic acids is 1. The molecule has 172 valence electrons. The van der Waals surface area contributed by atoms with Crippen molar-refractivity contribution in [2.24, 2.45) is 0 Å². The summed E-state index contributed by atoms with van der Waals surface area (Å²) in [6.07, 6.45) is 10.1. The molecule has 0 bridgehead atoms. The van der Waals surface area contributed by atoms with Crippen LogP contribution in [0.25, 0.3) is 0 Å². The van der Waals surface area contributed by atoms with Gasteiger partial charge in [-0.15, -0.1) is 0 Å². The van der Waals surface area contributed by atoms with Crippen molar-refractivity contribution in [2.75, 3.05) is 0 Å². The fourth-order valence-corrected chi connectivity index (χ4v) is 6.17. The van der Waals surface area contributed by atoms with Crippen LogP contribution >= 0.6 is 0 Å². The molecule has 0 aromatic heterocycles. The molecule has 2 fully saturated rings. The minimum absolute atomic E-state index is 0.144. The summed E-state index contributed by atoms with van der Waals surface area (Å²) in [5.41, 5.74) is 0.467. The highest BCUT2D eigenvalue weighted by molar-refractivity contribution is 5.80. The minimum atomic E-state index is -0.820. The van der Waals surface area contributed by atoms with Crippen LogP contribution in [0.2, 0.25) is 0 Å². The van der Waals surface area contributed by atoms with Gasteiger partial charge in [-0.1, -0.05) is 99.2 Å². The first-order chi connectivity index (χ1) is 15.5. The molecule has 0 amide bonds. The van der Waals surface area contributed by atoms with E-state index in [0.717, 1.165) is 75.3 Å². The van der Waals surface area contributed by atoms with E-state index in [1.54, 1.807) is 0 Å². The maximum absolute atomic E-state index is 13.6. The molecule has 2 aliphatic carbocycles. The maximum atomic E-state index is 13.6. The van der Waals surface area contributed by atoms with E-state index in [-0.39, 0.29) is 17.6 Å². The Bertz CT molecular complexity index is 777. The second kappa shape index (κ2) is 10.3. The SMILES string of the molecule is O=C(CC(c1ccccc1)C1(O)CCCCC1)CC(c1ccccc1)C1(O)CCCCC1. The molecule has 0 saturated heterocycles. The van der Waals surface area contributed by atoms with E-state index in [2.05, 4.69) is 0 Å². The lowest BCUT2D eigenvalue weighted by Gasteiger charge is -2.41. The number of hydrogen-bond donors (Lipinski definition) is 2. The molecule has 2 aliphatic rings. The Morgan fingerprint density at radius 1 is 0.625 bits per heavy atom. The van der Waals surface area contributed by atoms with Gasteiger partial charge in [0.1, 0.15) is 5.78 Å². The molecule has 0 spiro atoms. The van der Waals surface area contributed by atoms with Crippen LogP contribution in [0.1, 0.15) is 100 Å². The van der Waals surface area contributed by atoms with E-state index in [1.165, 1.54) is 0 Å². The lowest BCUT2D eigenvalue weighted by Crippen LogP contribution is -2.41. The van der Waals surface area contributed by atoms with Crippen molar-refractivity contribution < 1.29 is 15.0 Å². The largest absolute Gasteiger partial charge is 0.389 e. The molecule has 3 nitrogen and oxygen atoms in total. The second-order valence-corrected chi connectivity index (χ2v) is 10.2. The van der Waals surface area contributed by atoms with Crippen LogP contribution in [0, 0.1) is 0 Å². The van der Waals surface area contributed by atoms with Gasteiger partial charge in [-0.3, -0.25) is 4.79 Å². The van der Waals surface area contributed by atoms with Crippen molar-refractivity contribution in [1.29, 1.82) is 0 Å². The number of carbonyl (C=O) groups is 1. The average Bonchev–Trinajstić information content (AvgIpc) is 2.83. The van der Waals surface area contributed by atoms with Crippen LogP contribution < -0.4 is 0 Å². The van der Waals surface area contributed by atoms with Crippen molar-refractivity contribution in [3.63, 3.8) is 0 Å². The molecular formula is C29H38O3. The summed E-state index contributed by atoms with van der Waals surface area (Å²) in [4.78, 5) is 13.6. The van der Waals surface area contributed by atoms with Crippen molar-refractivity contribution in [1.82, 2.24) is 0 Å². The van der Waals surface area contributed by atoms with Gasteiger partial charge in [0.2, 0.25) is 0 Å². The molecule has 0 aliphatic heterocycles. The first kappa shape index (κ1) is 23.2. The summed E-state index contributed by atoms with van der Waals surface area (Å²) in [6, 6.07) is 20.2. The number of hydrogen-bond acceptors (Lipinski definition) is 3. The summed E-state index contributed by atoms with van der Waals surface area (Å²) < 4.78 is 0. The van der Waals surface area contributed by atoms with E-state index in [4.69, 9.17) is 0 Å². The van der Waals surface area contributed by atoms with Crippen LogP contribution in [-0.4, -0.2) is 27.2 Å². The van der Waals surface area contributed by atoms with Crippen LogP contribution in [0.5, 0.6) is 0 Å². The number of benzene rings is 2. The second-order valence-electron chi connectivity index (χ2n) is 10.2. The Balaban J connectivity index is 1.57. The summed E-state index contributed by atoms with van der Waals surface area (Å²) in [7, 11) is 0. The highest BCUT2D eigenvalue weighted by Crippen LogP contribution is 2.45. The van der Waals surface area contributed by atoms with E-state index in [0.29, 0.717) is 12.8 Å². The zero-order valence-electron chi connectivity index (χ0n) is 19.2. The van der Waals surface area contributed by atoms with Crippen LogP contribution in [-0.2, 0) is 4.79 Å². The van der Waals surface area contributed by atoms with Gasteiger partial charge in [0.25, 0.3) is 0 Å². The first-order valence-electron chi connectivity index (χ1n) is 12.6. The molecule has 3 heteroatoms. The van der Waals surface area contributed by atoms with Gasteiger partial charge < -0.3 is 10.2 Å². The van der Waals surface area contributed by atoms with E-state index in [1.807, 2.05) is 60.7 Å². The Kier molecular flexibility index (Phi) is 7.48. The van der Waals surface area contributed by atoms with Crippen LogP contribution in [0.4, 0.5) is 0 Å². The molecule has 2 aromatic rings. The van der Waals surface area contributed by atoms with Gasteiger partial charge in [-0.25, -0.2) is 0 Å². The monoisotopic (exact) mass is 434 g/mol. The normalized spacial score (nSPS) is 22.1. The quantitative estimate of drug-likeness (QED) is 0.513. The third-order valence-electron chi connectivity index (χ3n) is 8.00. The Morgan fingerprint density at radius 2 is 0.969 bits per heavy atom. The van der Waals surface area contributed by atoms with Crippen molar-refractivity contribution >= 4 is 5.78 Å². The standard InChI is InChI=1S/C29H38O3/c30-25(21-26(23-13-5-1-6-14-23)28(31)17-9-3-10-18-28)22-27(24-15-7-2-8-16-24)29(32)19-11-4-12-20-29/h1-2,5-8,13-16,26-27,31-32H,3-4,9-12,17-22H2. The predicted molar refractivity (Wildman–Crippen MR) is 129 cm³/mol. The van der Waals surface area contributed by atoms with Crippen molar-refractivity contribution in [2.45, 2.75) is 100 Å². The number of rotatable bonds is 8. The average molecular weight is 435 g/mol. The van der Waals surface area contributed by atoms with Gasteiger partial charge in [0.05, 0.1) is 11.2 Å². The fourth-order valence-electron chi connectivity index (χ4n) is 6.17. The van der Waals surface area contributed by atoms with Crippen LogP contribution in [0.3, 0.4) is 0 Å². The Morgan fingerprint density at radius 3 is 1.31 bits per heavy atom. The van der Waals surface area contributed by atoms with Gasteiger partial charge in [-0.2, -0.15) is 0 Å². The molecule has 2 saturated carbocycles. The Labute approximate surface area is 192 Å². The highest BCUT2D eigenvalue weighted by atomic mass is 16.3. The third-order valence-corrected chi connectivity index (χ3v) is 8.00. The zero-order valence-corrected chi connectivity index (χ0v) is 19.2. The smallest absolute Gasteiger partial charge is 0.134 e. The fraction of sp³-hybridized carbons (Fsp3) is 0.552. The lowest BCUT2D eigenvalue weighted by molar-refractivity contribution is -0.124. The van der Waals surface area contributed by atoms with Crippen LogP contribution in [0.15, 0.2) is 60.7 Å². The lowest BCUT2D eigenvalue weighted by atomic mass is 9.68. The van der Waals surface area contributed by atoms with Gasteiger partial charge in [0, 0.05) is 24.7 Å². The van der Waals surface area contributed by atoms with E-state index in [9.17, 15) is 15.0 Å². The Hall–Kier alpha value is -1.97. The topological polar surface area (TPSA) is 57.5 Å². The third kappa shape index (κ3) is 5.32. The molecule has 2 N–H and O–H groups in total. The molecular weight excluding hydrogens is 396 g/mol.